The topological polar surface area (TPSA) is 6.48 Å². The summed E-state index contributed by atoms with van der Waals surface area (Å²) < 4.78 is 0. The Labute approximate surface area is 369 Å². The highest BCUT2D eigenvalue weighted by Crippen LogP contribution is 2.52. The molecular weight excluding hydrogens is 759 g/mol. The van der Waals surface area contributed by atoms with E-state index in [1.54, 1.807) is 0 Å². The number of rotatable bonds is 7. The number of hydrogen-bond donors (Lipinski definition) is 0. The summed E-state index contributed by atoms with van der Waals surface area (Å²) in [6.07, 6.45) is 0. The minimum atomic E-state index is -0.0654. The summed E-state index contributed by atoms with van der Waals surface area (Å²) in [4.78, 5) is 5.11. The Morgan fingerprint density at radius 3 is 1.27 bits per heavy atom. The molecular formula is C60H41BN2. The van der Waals surface area contributed by atoms with E-state index in [9.17, 15) is 0 Å². The van der Waals surface area contributed by atoms with Crippen LogP contribution in [-0.4, -0.2) is 6.71 Å². The molecule has 0 saturated heterocycles. The van der Waals surface area contributed by atoms with Crippen LogP contribution in [-0.2, 0) is 0 Å². The van der Waals surface area contributed by atoms with Crippen molar-refractivity contribution in [3.63, 3.8) is 0 Å². The summed E-state index contributed by atoms with van der Waals surface area (Å²) >= 11 is 0. The van der Waals surface area contributed by atoms with Gasteiger partial charge in [0, 0.05) is 33.9 Å². The number of para-hydroxylation sites is 2. The number of hydrogen-bond acceptors (Lipinski definition) is 2. The first-order valence-electron chi connectivity index (χ1n) is 21.8. The van der Waals surface area contributed by atoms with Crippen molar-refractivity contribution >= 4 is 57.2 Å². The van der Waals surface area contributed by atoms with Crippen molar-refractivity contribution in [2.45, 2.75) is 0 Å². The van der Waals surface area contributed by atoms with E-state index >= 15 is 0 Å². The van der Waals surface area contributed by atoms with Crippen LogP contribution in [0.1, 0.15) is 0 Å². The molecule has 2 aliphatic heterocycles. The van der Waals surface area contributed by atoms with Crippen molar-refractivity contribution in [1.29, 1.82) is 0 Å². The van der Waals surface area contributed by atoms with Gasteiger partial charge in [-0.2, -0.15) is 0 Å². The molecule has 0 fully saturated rings. The van der Waals surface area contributed by atoms with Gasteiger partial charge in [0.1, 0.15) is 0 Å². The zero-order valence-electron chi connectivity index (χ0n) is 34.6. The molecule has 2 nitrogen and oxygen atoms in total. The first kappa shape index (κ1) is 36.7. The molecule has 0 bridgehead atoms. The highest BCUT2D eigenvalue weighted by atomic mass is 15.2. The van der Waals surface area contributed by atoms with Gasteiger partial charge in [0.05, 0.1) is 11.4 Å². The zero-order chi connectivity index (χ0) is 41.7. The maximum atomic E-state index is 2.58. The van der Waals surface area contributed by atoms with Gasteiger partial charge < -0.3 is 9.80 Å². The molecule has 294 valence electrons. The molecule has 2 aliphatic rings. The fourth-order valence-corrected chi connectivity index (χ4v) is 10.1. The molecule has 0 N–H and O–H groups in total. The third-order valence-electron chi connectivity index (χ3n) is 12.8. The normalized spacial score (nSPS) is 12.3. The van der Waals surface area contributed by atoms with Crippen LogP contribution < -0.4 is 26.2 Å². The highest BCUT2D eigenvalue weighted by Gasteiger charge is 2.45. The van der Waals surface area contributed by atoms with Crippen molar-refractivity contribution in [3.8, 4) is 55.6 Å². The summed E-state index contributed by atoms with van der Waals surface area (Å²) in [5, 5.41) is 0. The molecule has 3 heteroatoms. The Hall–Kier alpha value is -8.14. The molecule has 0 saturated carbocycles. The van der Waals surface area contributed by atoms with Crippen LogP contribution in [0.3, 0.4) is 0 Å². The van der Waals surface area contributed by atoms with Crippen LogP contribution in [0.15, 0.2) is 249 Å². The SMILES string of the molecule is c1ccc(-c2ccc3c(c2)B2c4ccccc4N(c4ccccc4)c4c(-c5ccccc5)cc(-c5ccccc5)c(c42)N3c2ccc(-c3ccccc3)c(-c3ccccc3)c2)cc1. The lowest BCUT2D eigenvalue weighted by Crippen LogP contribution is -2.61. The highest BCUT2D eigenvalue weighted by molar-refractivity contribution is 7.00. The lowest BCUT2D eigenvalue weighted by molar-refractivity contribution is 1.25. The van der Waals surface area contributed by atoms with Crippen LogP contribution in [0, 0.1) is 0 Å². The fraction of sp³-hybridized carbons (Fsp3) is 0. The second kappa shape index (κ2) is 15.4. The van der Waals surface area contributed by atoms with E-state index in [0.29, 0.717) is 0 Å². The Morgan fingerprint density at radius 1 is 0.254 bits per heavy atom. The predicted octanol–water partition coefficient (Wildman–Crippen LogP) is 14.1. The van der Waals surface area contributed by atoms with E-state index in [0.717, 1.165) is 11.4 Å². The summed E-state index contributed by atoms with van der Waals surface area (Å²) in [6, 6.07) is 91.2. The molecule has 2 heterocycles. The summed E-state index contributed by atoms with van der Waals surface area (Å²) in [6.45, 7) is -0.0654. The first-order chi connectivity index (χ1) is 31.3. The fourth-order valence-electron chi connectivity index (χ4n) is 10.1. The van der Waals surface area contributed by atoms with Crippen molar-refractivity contribution in [2.75, 3.05) is 9.80 Å². The Balaban J connectivity index is 1.25. The Kier molecular flexibility index (Phi) is 8.97. The molecule has 10 aromatic carbocycles. The van der Waals surface area contributed by atoms with Gasteiger partial charge >= 0.3 is 0 Å². The molecule has 63 heavy (non-hydrogen) atoms. The van der Waals surface area contributed by atoms with E-state index in [-0.39, 0.29) is 6.71 Å². The van der Waals surface area contributed by atoms with E-state index < -0.39 is 0 Å². The van der Waals surface area contributed by atoms with Crippen LogP contribution in [0.2, 0.25) is 0 Å². The standard InChI is InChI=1S/C60H41BN2/c1-7-21-42(22-8-1)47-35-38-57-55(39-47)61-54-33-19-20-34-56(54)62(48-31-17-6-18-32-48)59-52(45-27-13-4-14-28-45)41-53(46-29-15-5-16-30-46)60(58(59)61)63(57)49-36-37-50(43-23-9-2-10-24-43)51(40-49)44-25-11-3-12-26-44/h1-41H. The predicted molar refractivity (Wildman–Crippen MR) is 268 cm³/mol. The summed E-state index contributed by atoms with van der Waals surface area (Å²) in [5.41, 5.74) is 22.8. The lowest BCUT2D eigenvalue weighted by atomic mass is 9.33. The molecule has 0 aromatic heterocycles. The van der Waals surface area contributed by atoms with Crippen LogP contribution in [0.4, 0.5) is 34.1 Å². The van der Waals surface area contributed by atoms with Gasteiger partial charge in [0.15, 0.2) is 0 Å². The smallest absolute Gasteiger partial charge is 0.252 e. The van der Waals surface area contributed by atoms with Gasteiger partial charge in [-0.25, -0.2) is 0 Å². The maximum Gasteiger partial charge on any atom is 0.252 e. The van der Waals surface area contributed by atoms with Gasteiger partial charge in [0.2, 0.25) is 0 Å². The molecule has 0 amide bonds. The average Bonchev–Trinajstić information content (AvgIpc) is 3.37. The van der Waals surface area contributed by atoms with Crippen LogP contribution in [0.5, 0.6) is 0 Å². The molecule has 0 aliphatic carbocycles. The molecule has 10 aromatic rings. The number of fused-ring (bicyclic) bond motifs is 4. The summed E-state index contributed by atoms with van der Waals surface area (Å²) in [5.74, 6) is 0. The van der Waals surface area contributed by atoms with Gasteiger partial charge in [-0.15, -0.1) is 0 Å². The van der Waals surface area contributed by atoms with Crippen LogP contribution >= 0.6 is 0 Å². The minimum absolute atomic E-state index is 0.0654. The third-order valence-corrected chi connectivity index (χ3v) is 12.8. The third kappa shape index (κ3) is 6.20. The van der Waals surface area contributed by atoms with Crippen molar-refractivity contribution in [3.05, 3.63) is 249 Å². The molecule has 0 atom stereocenters. The quantitative estimate of drug-likeness (QED) is 0.148. The van der Waals surface area contributed by atoms with E-state index in [2.05, 4.69) is 259 Å². The van der Waals surface area contributed by atoms with Crippen molar-refractivity contribution < 1.29 is 0 Å². The maximum absolute atomic E-state index is 2.58. The largest absolute Gasteiger partial charge is 0.311 e. The van der Waals surface area contributed by atoms with Crippen LogP contribution in [0.25, 0.3) is 55.6 Å². The van der Waals surface area contributed by atoms with E-state index in [1.807, 2.05) is 0 Å². The zero-order valence-corrected chi connectivity index (χ0v) is 34.6. The first-order valence-corrected chi connectivity index (χ1v) is 21.8. The second-order valence-electron chi connectivity index (χ2n) is 16.4. The van der Waals surface area contributed by atoms with Crippen molar-refractivity contribution in [2.24, 2.45) is 0 Å². The second-order valence-corrected chi connectivity index (χ2v) is 16.4. The number of benzene rings is 10. The minimum Gasteiger partial charge on any atom is -0.311 e. The monoisotopic (exact) mass is 800 g/mol. The molecule has 0 spiro atoms. The average molecular weight is 801 g/mol. The van der Waals surface area contributed by atoms with E-state index in [1.165, 1.54) is 94.8 Å². The molecule has 0 unspecified atom stereocenters. The molecule has 0 radical (unpaired) electrons. The summed E-state index contributed by atoms with van der Waals surface area (Å²) in [7, 11) is 0. The van der Waals surface area contributed by atoms with Gasteiger partial charge in [-0.1, -0.05) is 206 Å². The van der Waals surface area contributed by atoms with Gasteiger partial charge in [0.25, 0.3) is 6.71 Å². The Morgan fingerprint density at radius 2 is 0.698 bits per heavy atom. The Bertz CT molecular complexity index is 3260. The molecule has 12 rings (SSSR count). The van der Waals surface area contributed by atoms with Gasteiger partial charge in [-0.3, -0.25) is 0 Å². The van der Waals surface area contributed by atoms with E-state index in [4.69, 9.17) is 0 Å². The number of nitrogens with zero attached hydrogens (tertiary/aromatic N) is 2. The van der Waals surface area contributed by atoms with Crippen molar-refractivity contribution in [1.82, 2.24) is 0 Å². The lowest BCUT2D eigenvalue weighted by Gasteiger charge is -2.46. The van der Waals surface area contributed by atoms with Gasteiger partial charge in [-0.05, 0) is 103 Å². The number of anilines is 6.